The lowest BCUT2D eigenvalue weighted by atomic mass is 10.1. The molecule has 6 nitrogen and oxygen atoms in total. The van der Waals surface area contributed by atoms with Crippen molar-refractivity contribution in [2.75, 3.05) is 39.3 Å². The molecule has 0 amide bonds. The highest BCUT2D eigenvalue weighted by Crippen LogP contribution is 2.18. The summed E-state index contributed by atoms with van der Waals surface area (Å²) in [7, 11) is -3.38. The van der Waals surface area contributed by atoms with Crippen LogP contribution in [0, 0.1) is 0 Å². The molecule has 0 aromatic heterocycles. The molecule has 0 aromatic carbocycles. The summed E-state index contributed by atoms with van der Waals surface area (Å²) in [4.78, 5) is 2.19. The van der Waals surface area contributed by atoms with E-state index in [1.165, 1.54) is 0 Å². The average Bonchev–Trinajstić information content (AvgIpc) is 2.43. The number of rotatable bonds is 8. The minimum Gasteiger partial charge on any atom is -0.329 e. The summed E-state index contributed by atoms with van der Waals surface area (Å²) in [6, 6.07) is -0.0419. The van der Waals surface area contributed by atoms with Gasteiger partial charge in [0.25, 0.3) is 10.2 Å². The van der Waals surface area contributed by atoms with Gasteiger partial charge in [0.05, 0.1) is 0 Å². The Morgan fingerprint density at radius 3 is 2.58 bits per heavy atom. The lowest BCUT2D eigenvalue weighted by Gasteiger charge is -2.34. The van der Waals surface area contributed by atoms with E-state index in [9.17, 15) is 8.42 Å². The van der Waals surface area contributed by atoms with Crippen LogP contribution in [-0.2, 0) is 10.2 Å². The molecule has 114 valence electrons. The lowest BCUT2D eigenvalue weighted by molar-refractivity contribution is 0.252. The summed E-state index contributed by atoms with van der Waals surface area (Å²) in [5.41, 5.74) is 5.67. The number of nitrogens with two attached hydrogens (primary N) is 1. The Morgan fingerprint density at radius 2 is 2.00 bits per heavy atom. The molecule has 1 aliphatic heterocycles. The molecule has 7 heteroatoms. The summed E-state index contributed by atoms with van der Waals surface area (Å²) >= 11 is 0. The lowest BCUT2D eigenvalue weighted by Crippen LogP contribution is -2.52. The Hall–Kier alpha value is -0.210. The number of hydrogen-bond donors (Lipinski definition) is 2. The van der Waals surface area contributed by atoms with Crippen LogP contribution in [0.15, 0.2) is 0 Å². The molecule has 1 rings (SSSR count). The van der Waals surface area contributed by atoms with Crippen LogP contribution in [0.25, 0.3) is 0 Å². The van der Waals surface area contributed by atoms with Gasteiger partial charge < -0.3 is 10.6 Å². The third-order valence-corrected chi connectivity index (χ3v) is 5.43. The largest absolute Gasteiger partial charge is 0.329 e. The summed E-state index contributed by atoms with van der Waals surface area (Å²) in [6.45, 7) is 8.21. The second-order valence-corrected chi connectivity index (χ2v) is 6.63. The highest BCUT2D eigenvalue weighted by Gasteiger charge is 2.30. The van der Waals surface area contributed by atoms with Crippen molar-refractivity contribution < 1.29 is 8.42 Å². The maximum absolute atomic E-state index is 12.3. The highest BCUT2D eigenvalue weighted by atomic mass is 32.2. The van der Waals surface area contributed by atoms with E-state index in [0.29, 0.717) is 19.6 Å². The van der Waals surface area contributed by atoms with Crippen molar-refractivity contribution in [2.45, 2.75) is 39.2 Å². The van der Waals surface area contributed by atoms with Gasteiger partial charge in [-0.15, -0.1) is 0 Å². The molecule has 19 heavy (non-hydrogen) atoms. The van der Waals surface area contributed by atoms with Crippen LogP contribution in [0.3, 0.4) is 0 Å². The minimum atomic E-state index is -3.38. The van der Waals surface area contributed by atoms with Gasteiger partial charge in [0.2, 0.25) is 0 Å². The zero-order valence-corrected chi connectivity index (χ0v) is 13.0. The van der Waals surface area contributed by atoms with Crippen LogP contribution in [-0.4, -0.2) is 62.9 Å². The standard InChI is InChI=1S/C12H28N4O2S/c1-3-15(4-2)10-8-14-19(17,18)16-9-6-5-7-12(16)11-13/h12,14H,3-11,13H2,1-2H3. The van der Waals surface area contributed by atoms with Crippen LogP contribution in [0.4, 0.5) is 0 Å². The third kappa shape index (κ3) is 5.00. The van der Waals surface area contributed by atoms with Gasteiger partial charge in [0.1, 0.15) is 0 Å². The normalized spacial score (nSPS) is 22.0. The fraction of sp³-hybridized carbons (Fsp3) is 1.00. The van der Waals surface area contributed by atoms with E-state index < -0.39 is 10.2 Å². The molecule has 1 atom stereocenters. The van der Waals surface area contributed by atoms with E-state index in [1.54, 1.807) is 4.31 Å². The first kappa shape index (κ1) is 16.8. The zero-order valence-electron chi connectivity index (χ0n) is 12.1. The SMILES string of the molecule is CCN(CC)CCNS(=O)(=O)N1CCCCC1CN. The second-order valence-electron chi connectivity index (χ2n) is 4.92. The molecule has 0 aromatic rings. The van der Waals surface area contributed by atoms with Gasteiger partial charge in [-0.2, -0.15) is 12.7 Å². The molecular weight excluding hydrogens is 264 g/mol. The molecule has 1 heterocycles. The van der Waals surface area contributed by atoms with Crippen molar-refractivity contribution in [3.63, 3.8) is 0 Å². The average molecular weight is 292 g/mol. The highest BCUT2D eigenvalue weighted by molar-refractivity contribution is 7.87. The molecule has 1 unspecified atom stereocenters. The van der Waals surface area contributed by atoms with Gasteiger partial charge in [-0.05, 0) is 25.9 Å². The van der Waals surface area contributed by atoms with Crippen LogP contribution in [0.5, 0.6) is 0 Å². The maximum Gasteiger partial charge on any atom is 0.279 e. The molecule has 1 aliphatic rings. The zero-order chi connectivity index (χ0) is 14.3. The Labute approximate surface area is 117 Å². The number of nitrogens with zero attached hydrogens (tertiary/aromatic N) is 2. The van der Waals surface area contributed by atoms with E-state index in [1.807, 2.05) is 0 Å². The summed E-state index contributed by atoms with van der Waals surface area (Å²) in [5, 5.41) is 0. The first-order valence-corrected chi connectivity index (χ1v) is 8.68. The van der Waals surface area contributed by atoms with Gasteiger partial charge in [-0.1, -0.05) is 20.3 Å². The number of nitrogens with one attached hydrogen (secondary N) is 1. The molecular formula is C12H28N4O2S. The smallest absolute Gasteiger partial charge is 0.279 e. The van der Waals surface area contributed by atoms with Crippen LogP contribution >= 0.6 is 0 Å². The van der Waals surface area contributed by atoms with Gasteiger partial charge in [0, 0.05) is 32.2 Å². The minimum absolute atomic E-state index is 0.0419. The fourth-order valence-corrected chi connectivity index (χ4v) is 3.95. The maximum atomic E-state index is 12.3. The first-order valence-electron chi connectivity index (χ1n) is 7.24. The van der Waals surface area contributed by atoms with Crippen LogP contribution < -0.4 is 10.5 Å². The van der Waals surface area contributed by atoms with Crippen molar-refractivity contribution in [1.82, 2.24) is 13.9 Å². The van der Waals surface area contributed by atoms with Crippen molar-refractivity contribution in [1.29, 1.82) is 0 Å². The topological polar surface area (TPSA) is 78.7 Å². The molecule has 3 N–H and O–H groups in total. The molecule has 0 bridgehead atoms. The molecule has 1 saturated heterocycles. The molecule has 1 fully saturated rings. The Morgan fingerprint density at radius 1 is 1.32 bits per heavy atom. The van der Waals surface area contributed by atoms with E-state index in [-0.39, 0.29) is 6.04 Å². The van der Waals surface area contributed by atoms with Gasteiger partial charge in [0.15, 0.2) is 0 Å². The predicted molar refractivity (Wildman–Crippen MR) is 78.1 cm³/mol. The summed E-state index contributed by atoms with van der Waals surface area (Å²) in [6.07, 6.45) is 2.86. The van der Waals surface area contributed by atoms with E-state index in [4.69, 9.17) is 5.73 Å². The van der Waals surface area contributed by atoms with Crippen molar-refractivity contribution in [3.8, 4) is 0 Å². The third-order valence-electron chi connectivity index (χ3n) is 3.76. The predicted octanol–water partition coefficient (Wildman–Crippen LogP) is -0.0242. The fourth-order valence-electron chi connectivity index (χ4n) is 2.48. The molecule has 0 aliphatic carbocycles. The first-order chi connectivity index (χ1) is 9.05. The quantitative estimate of drug-likeness (QED) is 0.659. The number of likely N-dealkylation sites (N-methyl/N-ethyl adjacent to an activating group) is 1. The molecule has 0 radical (unpaired) electrons. The number of piperidine rings is 1. The van der Waals surface area contributed by atoms with E-state index in [2.05, 4.69) is 23.5 Å². The van der Waals surface area contributed by atoms with Gasteiger partial charge in [-0.25, -0.2) is 4.72 Å². The van der Waals surface area contributed by atoms with E-state index in [0.717, 1.165) is 38.9 Å². The Bertz CT molecular complexity index is 344. The second kappa shape index (κ2) is 8.16. The van der Waals surface area contributed by atoms with Gasteiger partial charge in [-0.3, -0.25) is 0 Å². The van der Waals surface area contributed by atoms with Crippen molar-refractivity contribution >= 4 is 10.2 Å². The van der Waals surface area contributed by atoms with E-state index >= 15 is 0 Å². The molecule has 0 saturated carbocycles. The van der Waals surface area contributed by atoms with Crippen molar-refractivity contribution in [3.05, 3.63) is 0 Å². The Kier molecular flexibility index (Phi) is 7.23. The van der Waals surface area contributed by atoms with Gasteiger partial charge >= 0.3 is 0 Å². The van der Waals surface area contributed by atoms with Crippen LogP contribution in [0.1, 0.15) is 33.1 Å². The van der Waals surface area contributed by atoms with Crippen molar-refractivity contribution in [2.24, 2.45) is 5.73 Å². The molecule has 0 spiro atoms. The summed E-state index contributed by atoms with van der Waals surface area (Å²) in [5.74, 6) is 0. The monoisotopic (exact) mass is 292 g/mol. The van der Waals surface area contributed by atoms with Crippen LogP contribution in [0.2, 0.25) is 0 Å². The Balaban J connectivity index is 2.50. The summed E-state index contributed by atoms with van der Waals surface area (Å²) < 4.78 is 28.7. The number of hydrogen-bond acceptors (Lipinski definition) is 4.